The van der Waals surface area contributed by atoms with Gasteiger partial charge in [0.25, 0.3) is 0 Å². The van der Waals surface area contributed by atoms with E-state index in [0.29, 0.717) is 23.1 Å². The molecule has 0 heterocycles. The SMILES string of the molecule is C=CCOc1ccc(/C(C)=N/O)cc1Cl. The van der Waals surface area contributed by atoms with Gasteiger partial charge >= 0.3 is 0 Å². The zero-order valence-electron chi connectivity index (χ0n) is 8.40. The molecule has 0 amide bonds. The van der Waals surface area contributed by atoms with Crippen LogP contribution in [-0.2, 0) is 0 Å². The smallest absolute Gasteiger partial charge is 0.138 e. The highest BCUT2D eigenvalue weighted by atomic mass is 35.5. The van der Waals surface area contributed by atoms with Gasteiger partial charge in [0.05, 0.1) is 10.7 Å². The average molecular weight is 226 g/mol. The van der Waals surface area contributed by atoms with Crippen LogP contribution in [0.5, 0.6) is 5.75 Å². The fourth-order valence-corrected chi connectivity index (χ4v) is 1.28. The number of rotatable bonds is 4. The number of benzene rings is 1. The lowest BCUT2D eigenvalue weighted by molar-refractivity contribution is 0.319. The number of hydrogen-bond donors (Lipinski definition) is 1. The molecule has 0 saturated heterocycles. The fraction of sp³-hybridized carbons (Fsp3) is 0.182. The molecule has 1 aromatic carbocycles. The molecule has 0 atom stereocenters. The van der Waals surface area contributed by atoms with Gasteiger partial charge in [-0.15, -0.1) is 0 Å². The molecule has 0 aliphatic heterocycles. The van der Waals surface area contributed by atoms with Crippen LogP contribution in [0.15, 0.2) is 36.0 Å². The minimum atomic E-state index is 0.409. The van der Waals surface area contributed by atoms with Crippen molar-refractivity contribution in [2.75, 3.05) is 6.61 Å². The molecular weight excluding hydrogens is 214 g/mol. The van der Waals surface area contributed by atoms with Gasteiger partial charge in [0.15, 0.2) is 0 Å². The first-order chi connectivity index (χ1) is 7.19. The normalized spacial score (nSPS) is 11.2. The van der Waals surface area contributed by atoms with E-state index in [9.17, 15) is 0 Å². The summed E-state index contributed by atoms with van der Waals surface area (Å²) in [6.07, 6.45) is 1.64. The predicted octanol–water partition coefficient (Wildman–Crippen LogP) is 3.10. The quantitative estimate of drug-likeness (QED) is 0.370. The van der Waals surface area contributed by atoms with E-state index >= 15 is 0 Å². The monoisotopic (exact) mass is 225 g/mol. The second-order valence-corrected chi connectivity index (χ2v) is 3.34. The van der Waals surface area contributed by atoms with Crippen molar-refractivity contribution in [3.05, 3.63) is 41.4 Å². The first-order valence-corrected chi connectivity index (χ1v) is 4.79. The molecule has 1 N–H and O–H groups in total. The van der Waals surface area contributed by atoms with Crippen molar-refractivity contribution in [3.63, 3.8) is 0 Å². The molecule has 80 valence electrons. The van der Waals surface area contributed by atoms with Gasteiger partial charge in [-0.05, 0) is 25.1 Å². The van der Waals surface area contributed by atoms with E-state index in [4.69, 9.17) is 21.5 Å². The lowest BCUT2D eigenvalue weighted by atomic mass is 10.1. The molecular formula is C11H12ClNO2. The molecule has 0 aromatic heterocycles. The topological polar surface area (TPSA) is 41.8 Å². The van der Waals surface area contributed by atoms with Crippen molar-refractivity contribution >= 4 is 17.3 Å². The third-order valence-electron chi connectivity index (χ3n) is 1.86. The molecule has 0 unspecified atom stereocenters. The number of ether oxygens (including phenoxy) is 1. The Hall–Kier alpha value is -1.48. The minimum absolute atomic E-state index is 0.409. The Morgan fingerprint density at radius 1 is 1.67 bits per heavy atom. The van der Waals surface area contributed by atoms with Crippen LogP contribution >= 0.6 is 11.6 Å². The summed E-state index contributed by atoms with van der Waals surface area (Å²) in [7, 11) is 0. The van der Waals surface area contributed by atoms with Crippen LogP contribution in [0.4, 0.5) is 0 Å². The number of halogens is 1. The molecule has 15 heavy (non-hydrogen) atoms. The average Bonchev–Trinajstić information content (AvgIpc) is 2.26. The Morgan fingerprint density at radius 2 is 2.40 bits per heavy atom. The number of hydrogen-bond acceptors (Lipinski definition) is 3. The van der Waals surface area contributed by atoms with E-state index < -0.39 is 0 Å². The molecule has 0 bridgehead atoms. The maximum Gasteiger partial charge on any atom is 0.138 e. The first-order valence-electron chi connectivity index (χ1n) is 4.41. The van der Waals surface area contributed by atoms with Crippen LogP contribution in [0.25, 0.3) is 0 Å². The second-order valence-electron chi connectivity index (χ2n) is 2.93. The van der Waals surface area contributed by atoms with Gasteiger partial charge in [0.2, 0.25) is 0 Å². The highest BCUT2D eigenvalue weighted by Gasteiger charge is 2.04. The molecule has 0 aliphatic rings. The molecule has 0 fully saturated rings. The Labute approximate surface area is 93.6 Å². The van der Waals surface area contributed by atoms with Crippen LogP contribution in [0.1, 0.15) is 12.5 Å². The van der Waals surface area contributed by atoms with Crippen LogP contribution in [0, 0.1) is 0 Å². The van der Waals surface area contributed by atoms with E-state index in [1.54, 1.807) is 31.2 Å². The van der Waals surface area contributed by atoms with Crippen LogP contribution in [0.3, 0.4) is 0 Å². The van der Waals surface area contributed by atoms with Gasteiger partial charge in [0.1, 0.15) is 12.4 Å². The Kier molecular flexibility index (Phi) is 4.18. The number of oxime groups is 1. The summed E-state index contributed by atoms with van der Waals surface area (Å²) in [5.41, 5.74) is 1.26. The molecule has 0 spiro atoms. The van der Waals surface area contributed by atoms with Crippen LogP contribution in [-0.4, -0.2) is 17.5 Å². The van der Waals surface area contributed by atoms with Crippen molar-refractivity contribution in [3.8, 4) is 5.75 Å². The van der Waals surface area contributed by atoms with Gasteiger partial charge in [-0.3, -0.25) is 0 Å². The Balaban J connectivity index is 2.92. The van der Waals surface area contributed by atoms with Crippen molar-refractivity contribution in [2.45, 2.75) is 6.92 Å². The van der Waals surface area contributed by atoms with E-state index in [1.165, 1.54) is 0 Å². The second kappa shape index (κ2) is 5.41. The van der Waals surface area contributed by atoms with E-state index in [0.717, 1.165) is 5.56 Å². The maximum absolute atomic E-state index is 8.59. The van der Waals surface area contributed by atoms with Crippen molar-refractivity contribution in [1.29, 1.82) is 0 Å². The minimum Gasteiger partial charge on any atom is -0.488 e. The third kappa shape index (κ3) is 2.99. The summed E-state index contributed by atoms with van der Waals surface area (Å²) in [6.45, 7) is 5.64. The number of nitrogens with zero attached hydrogens (tertiary/aromatic N) is 1. The summed E-state index contributed by atoms with van der Waals surface area (Å²) in [4.78, 5) is 0. The highest BCUT2D eigenvalue weighted by molar-refractivity contribution is 6.32. The lowest BCUT2D eigenvalue weighted by Crippen LogP contribution is -1.97. The summed E-state index contributed by atoms with van der Waals surface area (Å²) in [5.74, 6) is 0.589. The molecule has 0 saturated carbocycles. The van der Waals surface area contributed by atoms with E-state index in [-0.39, 0.29) is 0 Å². The molecule has 0 aliphatic carbocycles. The van der Waals surface area contributed by atoms with Gasteiger partial charge in [-0.25, -0.2) is 0 Å². The van der Waals surface area contributed by atoms with Gasteiger partial charge in [-0.2, -0.15) is 0 Å². The zero-order valence-corrected chi connectivity index (χ0v) is 9.16. The van der Waals surface area contributed by atoms with Crippen molar-refractivity contribution in [1.82, 2.24) is 0 Å². The summed E-state index contributed by atoms with van der Waals surface area (Å²) in [6, 6.07) is 5.20. The Bertz CT molecular complexity index is 388. The van der Waals surface area contributed by atoms with Crippen LogP contribution < -0.4 is 4.74 Å². The third-order valence-corrected chi connectivity index (χ3v) is 2.15. The van der Waals surface area contributed by atoms with Gasteiger partial charge in [0, 0.05) is 5.56 Å². The zero-order chi connectivity index (χ0) is 11.3. The molecule has 1 rings (SSSR count). The van der Waals surface area contributed by atoms with Gasteiger partial charge in [-0.1, -0.05) is 29.4 Å². The largest absolute Gasteiger partial charge is 0.488 e. The molecule has 4 heteroatoms. The van der Waals surface area contributed by atoms with E-state index in [1.807, 2.05) is 0 Å². The fourth-order valence-electron chi connectivity index (χ4n) is 1.05. The summed E-state index contributed by atoms with van der Waals surface area (Å²) >= 11 is 5.97. The summed E-state index contributed by atoms with van der Waals surface area (Å²) in [5, 5.41) is 12.2. The Morgan fingerprint density at radius 3 is 2.93 bits per heavy atom. The highest BCUT2D eigenvalue weighted by Crippen LogP contribution is 2.25. The standard InChI is InChI=1S/C11H12ClNO2/c1-3-6-15-11-5-4-9(7-10(11)12)8(2)13-14/h3-5,7,14H,1,6H2,2H3/b13-8+. The van der Waals surface area contributed by atoms with Gasteiger partial charge < -0.3 is 9.94 Å². The lowest BCUT2D eigenvalue weighted by Gasteiger charge is -2.07. The van der Waals surface area contributed by atoms with Crippen molar-refractivity contribution < 1.29 is 9.94 Å². The predicted molar refractivity (Wildman–Crippen MR) is 61.1 cm³/mol. The molecule has 3 nitrogen and oxygen atoms in total. The van der Waals surface area contributed by atoms with Crippen LogP contribution in [0.2, 0.25) is 5.02 Å². The van der Waals surface area contributed by atoms with Crippen molar-refractivity contribution in [2.24, 2.45) is 5.16 Å². The molecule has 0 radical (unpaired) electrons. The first kappa shape index (κ1) is 11.6. The summed E-state index contributed by atoms with van der Waals surface area (Å²) < 4.78 is 5.30. The van der Waals surface area contributed by atoms with E-state index in [2.05, 4.69) is 11.7 Å². The maximum atomic E-state index is 8.59. The molecule has 1 aromatic rings.